The quantitative estimate of drug-likeness (QED) is 0.824. The van der Waals surface area contributed by atoms with Crippen LogP contribution in [0, 0.1) is 0 Å². The molecule has 1 atom stereocenters. The molecule has 0 aliphatic carbocycles. The highest BCUT2D eigenvalue weighted by molar-refractivity contribution is 7.92. The van der Waals surface area contributed by atoms with Crippen molar-refractivity contribution in [2.45, 2.75) is 30.6 Å². The Morgan fingerprint density at radius 1 is 1.12 bits per heavy atom. The molecule has 5 nitrogen and oxygen atoms in total. The van der Waals surface area contributed by atoms with Crippen LogP contribution in [-0.2, 0) is 21.2 Å². The van der Waals surface area contributed by atoms with Crippen molar-refractivity contribution in [1.82, 2.24) is 0 Å². The normalized spacial score (nSPS) is 18.8. The number of rotatable bonds is 3. The molecule has 136 valence electrons. The summed E-state index contributed by atoms with van der Waals surface area (Å²) in [6.45, 7) is 2.51. The van der Waals surface area contributed by atoms with E-state index in [1.165, 1.54) is 18.2 Å². The molecular formula is C18H16Cl2N2O3S. The van der Waals surface area contributed by atoms with E-state index in [1.807, 2.05) is 6.92 Å². The Kier molecular flexibility index (Phi) is 4.17. The fraction of sp³-hybridized carbons (Fsp3) is 0.278. The molecule has 0 aromatic heterocycles. The van der Waals surface area contributed by atoms with Crippen LogP contribution in [0.5, 0.6) is 0 Å². The first-order valence-electron chi connectivity index (χ1n) is 8.23. The van der Waals surface area contributed by atoms with E-state index in [2.05, 4.69) is 4.72 Å². The average molecular weight is 411 g/mol. The standard InChI is InChI=1S/C18H16Cl2N2O3S/c1-10-16-9-15(5-11-3-2-4-22(17(11)16)18(10)23)26(24,25)21-14-7-12(19)6-13(20)8-14/h5-10,21H,2-4H2,1H3. The van der Waals surface area contributed by atoms with E-state index in [1.54, 1.807) is 17.0 Å². The number of amides is 1. The molecular weight excluding hydrogens is 395 g/mol. The lowest BCUT2D eigenvalue weighted by atomic mass is 9.97. The summed E-state index contributed by atoms with van der Waals surface area (Å²) in [7, 11) is -3.83. The van der Waals surface area contributed by atoms with Gasteiger partial charge in [-0.2, -0.15) is 0 Å². The van der Waals surface area contributed by atoms with Gasteiger partial charge in [-0.3, -0.25) is 9.52 Å². The molecule has 26 heavy (non-hydrogen) atoms. The molecule has 2 aromatic carbocycles. The number of aryl methyl sites for hydroxylation is 1. The van der Waals surface area contributed by atoms with Crippen molar-refractivity contribution in [3.05, 3.63) is 51.5 Å². The maximum absolute atomic E-state index is 12.9. The highest BCUT2D eigenvalue weighted by Crippen LogP contribution is 2.44. The smallest absolute Gasteiger partial charge is 0.261 e. The minimum Gasteiger partial charge on any atom is -0.311 e. The Morgan fingerprint density at radius 3 is 2.50 bits per heavy atom. The van der Waals surface area contributed by atoms with Crippen LogP contribution in [0.25, 0.3) is 0 Å². The van der Waals surface area contributed by atoms with Gasteiger partial charge in [-0.1, -0.05) is 23.2 Å². The predicted octanol–water partition coefficient (Wildman–Crippen LogP) is 4.19. The predicted molar refractivity (Wildman–Crippen MR) is 103 cm³/mol. The lowest BCUT2D eigenvalue weighted by Gasteiger charge is -2.26. The molecule has 0 bridgehead atoms. The van der Waals surface area contributed by atoms with Crippen molar-refractivity contribution < 1.29 is 13.2 Å². The van der Waals surface area contributed by atoms with E-state index in [4.69, 9.17) is 23.2 Å². The second-order valence-corrected chi connectivity index (χ2v) is 9.15. The Bertz CT molecular complexity index is 1020. The maximum Gasteiger partial charge on any atom is 0.261 e. The number of anilines is 2. The van der Waals surface area contributed by atoms with Crippen molar-refractivity contribution >= 4 is 50.5 Å². The minimum atomic E-state index is -3.83. The fourth-order valence-corrected chi connectivity index (χ4v) is 5.30. The van der Waals surface area contributed by atoms with E-state index < -0.39 is 10.0 Å². The van der Waals surface area contributed by atoms with Gasteiger partial charge in [0.2, 0.25) is 5.91 Å². The van der Waals surface area contributed by atoms with Crippen LogP contribution in [0.1, 0.15) is 30.4 Å². The Morgan fingerprint density at radius 2 is 1.81 bits per heavy atom. The number of carbonyl (C=O) groups is 1. The largest absolute Gasteiger partial charge is 0.311 e. The van der Waals surface area contributed by atoms with Crippen molar-refractivity contribution in [2.75, 3.05) is 16.2 Å². The number of carbonyl (C=O) groups excluding carboxylic acids is 1. The van der Waals surface area contributed by atoms with Crippen molar-refractivity contribution in [1.29, 1.82) is 0 Å². The Hall–Kier alpha value is -1.76. The first-order valence-corrected chi connectivity index (χ1v) is 10.5. The summed E-state index contributed by atoms with van der Waals surface area (Å²) in [5.74, 6) is -0.303. The molecule has 0 fully saturated rings. The fourth-order valence-electron chi connectivity index (χ4n) is 3.65. The minimum absolute atomic E-state index is 0.0325. The SMILES string of the molecule is CC1C(=O)N2CCCc3cc(S(=O)(=O)Nc4cc(Cl)cc(Cl)c4)cc1c32. The van der Waals surface area contributed by atoms with Crippen molar-refractivity contribution in [3.8, 4) is 0 Å². The average Bonchev–Trinajstić information content (AvgIpc) is 2.80. The van der Waals surface area contributed by atoms with E-state index in [0.29, 0.717) is 22.3 Å². The third kappa shape index (κ3) is 2.86. The zero-order valence-corrected chi connectivity index (χ0v) is 16.2. The molecule has 0 saturated heterocycles. The second kappa shape index (κ2) is 6.15. The topological polar surface area (TPSA) is 66.5 Å². The highest BCUT2D eigenvalue weighted by Gasteiger charge is 2.38. The third-order valence-electron chi connectivity index (χ3n) is 4.82. The van der Waals surface area contributed by atoms with Crippen LogP contribution in [0.2, 0.25) is 10.0 Å². The van der Waals surface area contributed by atoms with E-state index in [0.717, 1.165) is 29.7 Å². The molecule has 0 spiro atoms. The monoisotopic (exact) mass is 410 g/mol. The molecule has 2 aliphatic rings. The first-order chi connectivity index (χ1) is 12.3. The summed E-state index contributed by atoms with van der Waals surface area (Å²) in [4.78, 5) is 14.4. The lowest BCUT2D eigenvalue weighted by molar-refractivity contribution is -0.119. The van der Waals surface area contributed by atoms with Gasteiger partial charge in [-0.25, -0.2) is 8.42 Å². The first kappa shape index (κ1) is 17.6. The molecule has 2 aromatic rings. The molecule has 2 aliphatic heterocycles. The molecule has 1 N–H and O–H groups in total. The molecule has 4 rings (SSSR count). The summed E-state index contributed by atoms with van der Waals surface area (Å²) in [5, 5.41) is 0.684. The van der Waals surface area contributed by atoms with Gasteiger partial charge in [0.1, 0.15) is 0 Å². The van der Waals surface area contributed by atoms with Gasteiger partial charge in [-0.05, 0) is 61.2 Å². The number of nitrogens with zero attached hydrogens (tertiary/aromatic N) is 1. The zero-order valence-electron chi connectivity index (χ0n) is 13.9. The van der Waals surface area contributed by atoms with Gasteiger partial charge in [-0.15, -0.1) is 0 Å². The van der Waals surface area contributed by atoms with Crippen molar-refractivity contribution in [2.24, 2.45) is 0 Å². The van der Waals surface area contributed by atoms with Gasteiger partial charge >= 0.3 is 0 Å². The van der Waals surface area contributed by atoms with Crippen LogP contribution < -0.4 is 9.62 Å². The molecule has 0 radical (unpaired) electrons. The zero-order chi connectivity index (χ0) is 18.6. The van der Waals surface area contributed by atoms with E-state index >= 15 is 0 Å². The van der Waals surface area contributed by atoms with Gasteiger partial charge < -0.3 is 4.90 Å². The van der Waals surface area contributed by atoms with Crippen LogP contribution in [0.3, 0.4) is 0 Å². The third-order valence-corrected chi connectivity index (χ3v) is 6.61. The number of halogens is 2. The summed E-state index contributed by atoms with van der Waals surface area (Å²) >= 11 is 11.9. The van der Waals surface area contributed by atoms with Crippen LogP contribution in [0.4, 0.5) is 11.4 Å². The van der Waals surface area contributed by atoms with Crippen LogP contribution in [0.15, 0.2) is 35.2 Å². The van der Waals surface area contributed by atoms with Crippen LogP contribution in [-0.4, -0.2) is 20.9 Å². The van der Waals surface area contributed by atoms with Gasteiger partial charge in [0.15, 0.2) is 0 Å². The van der Waals surface area contributed by atoms with E-state index in [9.17, 15) is 13.2 Å². The van der Waals surface area contributed by atoms with E-state index in [-0.39, 0.29) is 16.7 Å². The summed E-state index contributed by atoms with van der Waals surface area (Å²) in [6.07, 6.45) is 1.58. The Labute approximate surface area is 162 Å². The number of hydrogen-bond acceptors (Lipinski definition) is 3. The summed E-state index contributed by atoms with van der Waals surface area (Å²) in [6, 6.07) is 7.78. The van der Waals surface area contributed by atoms with Crippen molar-refractivity contribution in [3.63, 3.8) is 0 Å². The molecule has 1 unspecified atom stereocenters. The molecule has 8 heteroatoms. The number of nitrogens with one attached hydrogen (secondary N) is 1. The van der Waals surface area contributed by atoms with Gasteiger partial charge in [0.25, 0.3) is 10.0 Å². The number of sulfonamides is 1. The van der Waals surface area contributed by atoms with Gasteiger partial charge in [0.05, 0.1) is 22.2 Å². The highest BCUT2D eigenvalue weighted by atomic mass is 35.5. The lowest BCUT2D eigenvalue weighted by Crippen LogP contribution is -2.32. The Balaban J connectivity index is 1.78. The molecule has 2 heterocycles. The number of benzene rings is 2. The molecule has 1 amide bonds. The molecule has 0 saturated carbocycles. The van der Waals surface area contributed by atoms with Gasteiger partial charge in [0, 0.05) is 16.6 Å². The van der Waals surface area contributed by atoms with Crippen LogP contribution >= 0.6 is 23.2 Å². The number of hydrogen-bond donors (Lipinski definition) is 1. The summed E-state index contributed by atoms with van der Waals surface area (Å²) < 4.78 is 28.3. The maximum atomic E-state index is 12.9. The second-order valence-electron chi connectivity index (χ2n) is 6.60. The summed E-state index contributed by atoms with van der Waals surface area (Å²) in [5.41, 5.74) is 2.86.